The first-order valence-electron chi connectivity index (χ1n) is 7.80. The van der Waals surface area contributed by atoms with E-state index in [0.717, 1.165) is 15.7 Å². The maximum Gasteiger partial charge on any atom is 0.308 e. The van der Waals surface area contributed by atoms with Gasteiger partial charge >= 0.3 is 5.97 Å². The Morgan fingerprint density at radius 3 is 2.62 bits per heavy atom. The Hall–Kier alpha value is -1.89. The number of hydrogen-bond donors (Lipinski definition) is 2. The van der Waals surface area contributed by atoms with Gasteiger partial charge in [0.2, 0.25) is 11.8 Å². The van der Waals surface area contributed by atoms with Crippen molar-refractivity contribution >= 4 is 39.4 Å². The number of halogens is 1. The van der Waals surface area contributed by atoms with Crippen LogP contribution in [0.4, 0.5) is 5.69 Å². The Labute approximate surface area is 149 Å². The highest BCUT2D eigenvalue weighted by molar-refractivity contribution is 9.10. The summed E-state index contributed by atoms with van der Waals surface area (Å²) >= 11 is 3.42. The average Bonchev–Trinajstić information content (AvgIpc) is 2.91. The number of carbonyl (C=O) groups excluding carboxylic acids is 2. The number of aliphatic carboxylic acids is 1. The van der Waals surface area contributed by atoms with Crippen molar-refractivity contribution in [1.29, 1.82) is 0 Å². The first-order valence-corrected chi connectivity index (χ1v) is 8.59. The molecular formula is C17H21BrN2O4. The number of carbonyl (C=O) groups is 3. The van der Waals surface area contributed by atoms with Crippen LogP contribution >= 0.6 is 15.9 Å². The highest BCUT2D eigenvalue weighted by Crippen LogP contribution is 2.28. The fourth-order valence-corrected chi connectivity index (χ4v) is 2.86. The van der Waals surface area contributed by atoms with Gasteiger partial charge in [0.25, 0.3) is 0 Å². The number of aryl methyl sites for hydroxylation is 1. The van der Waals surface area contributed by atoms with E-state index in [4.69, 9.17) is 5.11 Å². The second-order valence-corrected chi connectivity index (χ2v) is 7.12. The molecule has 3 atom stereocenters. The van der Waals surface area contributed by atoms with Gasteiger partial charge in [-0.15, -0.1) is 0 Å². The number of anilines is 1. The number of benzene rings is 1. The molecule has 130 valence electrons. The van der Waals surface area contributed by atoms with Gasteiger partial charge in [-0.25, -0.2) is 0 Å². The van der Waals surface area contributed by atoms with E-state index in [0.29, 0.717) is 6.54 Å². The van der Waals surface area contributed by atoms with E-state index >= 15 is 0 Å². The van der Waals surface area contributed by atoms with E-state index in [9.17, 15) is 14.4 Å². The molecule has 1 fully saturated rings. The van der Waals surface area contributed by atoms with E-state index < -0.39 is 23.8 Å². The molecule has 6 nitrogen and oxygen atoms in total. The van der Waals surface area contributed by atoms with Crippen LogP contribution in [0.25, 0.3) is 0 Å². The molecular weight excluding hydrogens is 376 g/mol. The number of carboxylic acid groups (broad SMARTS) is 1. The van der Waals surface area contributed by atoms with E-state index in [-0.39, 0.29) is 18.2 Å². The summed E-state index contributed by atoms with van der Waals surface area (Å²) in [5.74, 6) is -2.49. The number of nitrogens with zero attached hydrogens (tertiary/aromatic N) is 1. The SMILES string of the molecule is Cc1cc(N2CC(C(=O)NC(C)C(C)C(=O)O)CC2=O)ccc1Br. The van der Waals surface area contributed by atoms with Crippen molar-refractivity contribution in [2.24, 2.45) is 11.8 Å². The normalized spacial score (nSPS) is 19.9. The Morgan fingerprint density at radius 1 is 1.38 bits per heavy atom. The molecule has 24 heavy (non-hydrogen) atoms. The van der Waals surface area contributed by atoms with Crippen LogP contribution in [0, 0.1) is 18.8 Å². The molecule has 1 aliphatic rings. The first kappa shape index (κ1) is 18.4. The molecule has 7 heteroatoms. The van der Waals surface area contributed by atoms with E-state index in [2.05, 4.69) is 21.2 Å². The Morgan fingerprint density at radius 2 is 2.04 bits per heavy atom. The number of carboxylic acids is 1. The molecule has 1 aromatic carbocycles. The highest BCUT2D eigenvalue weighted by Gasteiger charge is 2.36. The predicted molar refractivity (Wildman–Crippen MR) is 93.7 cm³/mol. The topological polar surface area (TPSA) is 86.7 Å². The fraction of sp³-hybridized carbons (Fsp3) is 0.471. The van der Waals surface area contributed by atoms with Gasteiger partial charge in [0, 0.05) is 29.2 Å². The molecule has 0 saturated carbocycles. The zero-order valence-electron chi connectivity index (χ0n) is 13.9. The molecule has 1 saturated heterocycles. The maximum absolute atomic E-state index is 12.3. The molecule has 1 aliphatic heterocycles. The molecule has 0 radical (unpaired) electrons. The van der Waals surface area contributed by atoms with Gasteiger partial charge in [0.1, 0.15) is 0 Å². The Kier molecular flexibility index (Phi) is 5.64. The van der Waals surface area contributed by atoms with Crippen molar-refractivity contribution in [3.8, 4) is 0 Å². The van der Waals surface area contributed by atoms with Crippen molar-refractivity contribution in [2.75, 3.05) is 11.4 Å². The summed E-state index contributed by atoms with van der Waals surface area (Å²) in [5, 5.41) is 11.7. The van der Waals surface area contributed by atoms with Crippen molar-refractivity contribution in [3.05, 3.63) is 28.2 Å². The van der Waals surface area contributed by atoms with Crippen LogP contribution in [0.1, 0.15) is 25.8 Å². The third kappa shape index (κ3) is 3.95. The van der Waals surface area contributed by atoms with E-state index in [1.54, 1.807) is 18.7 Å². The maximum atomic E-state index is 12.3. The van der Waals surface area contributed by atoms with Gasteiger partial charge in [-0.05, 0) is 44.5 Å². The molecule has 0 spiro atoms. The van der Waals surface area contributed by atoms with Crippen molar-refractivity contribution < 1.29 is 19.5 Å². The van der Waals surface area contributed by atoms with Gasteiger partial charge in [0.05, 0.1) is 11.8 Å². The third-order valence-corrected chi connectivity index (χ3v) is 5.35. The molecule has 2 rings (SSSR count). The summed E-state index contributed by atoms with van der Waals surface area (Å²) in [7, 11) is 0. The smallest absolute Gasteiger partial charge is 0.308 e. The standard InChI is InChI=1S/C17H21BrN2O4/c1-9-6-13(4-5-14(9)18)20-8-12(7-15(20)21)16(22)19-11(3)10(2)17(23)24/h4-6,10-12H,7-8H2,1-3H3,(H,19,22)(H,23,24). The molecule has 0 aliphatic carbocycles. The number of hydrogen-bond acceptors (Lipinski definition) is 3. The van der Waals surface area contributed by atoms with Gasteiger partial charge in [-0.3, -0.25) is 14.4 Å². The molecule has 2 N–H and O–H groups in total. The summed E-state index contributed by atoms with van der Waals surface area (Å²) in [4.78, 5) is 37.2. The van der Waals surface area contributed by atoms with E-state index in [1.165, 1.54) is 0 Å². The van der Waals surface area contributed by atoms with Crippen LogP contribution in [0.3, 0.4) is 0 Å². The summed E-state index contributed by atoms with van der Waals surface area (Å²) < 4.78 is 0.962. The second-order valence-electron chi connectivity index (χ2n) is 6.26. The minimum Gasteiger partial charge on any atom is -0.481 e. The molecule has 0 aromatic heterocycles. The number of amides is 2. The third-order valence-electron chi connectivity index (χ3n) is 4.46. The van der Waals surface area contributed by atoms with Gasteiger partial charge < -0.3 is 15.3 Å². The van der Waals surface area contributed by atoms with Gasteiger partial charge in [-0.1, -0.05) is 15.9 Å². The molecule has 2 amide bonds. The van der Waals surface area contributed by atoms with Crippen LogP contribution in [-0.4, -0.2) is 35.5 Å². The molecule has 1 heterocycles. The minimum absolute atomic E-state index is 0.101. The highest BCUT2D eigenvalue weighted by atomic mass is 79.9. The van der Waals surface area contributed by atoms with Crippen molar-refractivity contribution in [1.82, 2.24) is 5.32 Å². The van der Waals surface area contributed by atoms with Gasteiger partial charge in [-0.2, -0.15) is 0 Å². The van der Waals surface area contributed by atoms with Crippen LogP contribution in [0.2, 0.25) is 0 Å². The summed E-state index contributed by atoms with van der Waals surface area (Å²) in [6, 6.07) is 5.12. The van der Waals surface area contributed by atoms with Crippen LogP contribution < -0.4 is 10.2 Å². The zero-order valence-corrected chi connectivity index (χ0v) is 15.5. The van der Waals surface area contributed by atoms with Crippen LogP contribution in [0.5, 0.6) is 0 Å². The lowest BCUT2D eigenvalue weighted by Crippen LogP contribution is -2.43. The van der Waals surface area contributed by atoms with Crippen LogP contribution in [-0.2, 0) is 14.4 Å². The summed E-state index contributed by atoms with van der Waals surface area (Å²) in [6.07, 6.45) is 0.134. The van der Waals surface area contributed by atoms with Crippen molar-refractivity contribution in [3.63, 3.8) is 0 Å². The van der Waals surface area contributed by atoms with Crippen molar-refractivity contribution in [2.45, 2.75) is 33.2 Å². The van der Waals surface area contributed by atoms with Gasteiger partial charge in [0.15, 0.2) is 0 Å². The number of nitrogens with one attached hydrogen (secondary N) is 1. The molecule has 0 bridgehead atoms. The summed E-state index contributed by atoms with van der Waals surface area (Å²) in [6.45, 7) is 5.44. The first-order chi connectivity index (χ1) is 11.2. The lowest BCUT2D eigenvalue weighted by atomic mass is 10.0. The second kappa shape index (κ2) is 7.34. The minimum atomic E-state index is -0.961. The van der Waals surface area contributed by atoms with Crippen LogP contribution in [0.15, 0.2) is 22.7 Å². The summed E-state index contributed by atoms with van der Waals surface area (Å²) in [5.41, 5.74) is 1.78. The fourth-order valence-electron chi connectivity index (χ4n) is 2.61. The molecule has 3 unspecified atom stereocenters. The van der Waals surface area contributed by atoms with E-state index in [1.807, 2.05) is 25.1 Å². The average molecular weight is 397 g/mol. The lowest BCUT2D eigenvalue weighted by Gasteiger charge is -2.21. The largest absolute Gasteiger partial charge is 0.481 e. The Bertz CT molecular complexity index is 677. The quantitative estimate of drug-likeness (QED) is 0.799. The number of rotatable bonds is 5. The monoisotopic (exact) mass is 396 g/mol. The Balaban J connectivity index is 2.04. The lowest BCUT2D eigenvalue weighted by molar-refractivity contribution is -0.142. The zero-order chi connectivity index (χ0) is 18.0. The molecule has 1 aromatic rings. The predicted octanol–water partition coefficient (Wildman–Crippen LogP) is 2.34.